The first-order valence-electron chi connectivity index (χ1n) is 4.84. The van der Waals surface area contributed by atoms with Crippen LogP contribution in [0.15, 0.2) is 36.4 Å². The Morgan fingerprint density at radius 1 is 0.722 bits per heavy atom. The van der Waals surface area contributed by atoms with Crippen LogP contribution in [0.4, 0.5) is 11.4 Å². The molecule has 0 saturated carbocycles. The summed E-state index contributed by atoms with van der Waals surface area (Å²) in [6, 6.07) is 8.39. The van der Waals surface area contributed by atoms with Gasteiger partial charge in [-0.1, -0.05) is 24.3 Å². The van der Waals surface area contributed by atoms with Crippen LogP contribution in [0.3, 0.4) is 0 Å². The molecule has 2 aromatic rings. The molecule has 0 spiro atoms. The Morgan fingerprint density at radius 2 is 1.06 bits per heavy atom. The van der Waals surface area contributed by atoms with Crippen LogP contribution in [0.25, 0.3) is 10.8 Å². The molecule has 4 N–H and O–H groups in total. The van der Waals surface area contributed by atoms with Gasteiger partial charge in [0.1, 0.15) is 0 Å². The Kier molecular flexibility index (Phi) is 2.81. The first kappa shape index (κ1) is 12.8. The second-order valence-electron chi connectivity index (χ2n) is 3.78. The molecule has 0 amide bonds. The third-order valence-electron chi connectivity index (χ3n) is 2.47. The Hall–Kier alpha value is -1.62. The van der Waals surface area contributed by atoms with Gasteiger partial charge in [-0.05, 0) is 20.7 Å². The van der Waals surface area contributed by atoms with E-state index in [1.165, 1.54) is 0 Å². The molecule has 0 aliphatic carbocycles. The molecule has 0 atom stereocenters. The Balaban J connectivity index is 2.81. The summed E-state index contributed by atoms with van der Waals surface area (Å²) < 4.78 is 0. The zero-order chi connectivity index (χ0) is 13.6. The maximum Gasteiger partial charge on any atom is 0.268 e. The summed E-state index contributed by atoms with van der Waals surface area (Å²) in [6.45, 7) is 0. The smallest absolute Gasteiger partial charge is 0.268 e. The summed E-state index contributed by atoms with van der Waals surface area (Å²) in [5.41, 5.74) is -1.76. The topological polar surface area (TPSA) is 127 Å². The minimum Gasteiger partial charge on any atom is -0.559 e. The lowest BCUT2D eigenvalue weighted by Gasteiger charge is -2.29. The molecule has 0 unspecified atom stereocenters. The molecule has 0 heterocycles. The lowest BCUT2D eigenvalue weighted by atomic mass is 10.1. The van der Waals surface area contributed by atoms with E-state index in [4.69, 9.17) is 20.8 Å². The Labute approximate surface area is 101 Å². The van der Waals surface area contributed by atoms with Gasteiger partial charge < -0.3 is 10.4 Å². The van der Waals surface area contributed by atoms with Gasteiger partial charge in [0.15, 0.2) is 0 Å². The van der Waals surface area contributed by atoms with Crippen LogP contribution in [0, 0.1) is 10.4 Å². The van der Waals surface area contributed by atoms with Crippen molar-refractivity contribution in [2.75, 3.05) is 0 Å². The number of rotatable bonds is 2. The van der Waals surface area contributed by atoms with Crippen molar-refractivity contribution in [1.29, 1.82) is 0 Å². The molecule has 0 bridgehead atoms. The van der Waals surface area contributed by atoms with Gasteiger partial charge in [0.05, 0.1) is 0 Å². The highest BCUT2D eigenvalue weighted by Gasteiger charge is 2.32. The van der Waals surface area contributed by atoms with Crippen molar-refractivity contribution in [2.45, 2.75) is 0 Å². The Bertz CT molecular complexity index is 534. The first-order chi connectivity index (χ1) is 8.19. The fourth-order valence-corrected chi connectivity index (χ4v) is 1.68. The lowest BCUT2D eigenvalue weighted by Crippen LogP contribution is -2.41. The van der Waals surface area contributed by atoms with Crippen LogP contribution in [0.2, 0.25) is 0 Å². The predicted molar refractivity (Wildman–Crippen MR) is 61.4 cm³/mol. The summed E-state index contributed by atoms with van der Waals surface area (Å²) in [5, 5.41) is 58.9. The molecule has 96 valence electrons. The average Bonchev–Trinajstić information content (AvgIpc) is 2.25. The van der Waals surface area contributed by atoms with Crippen molar-refractivity contribution in [1.82, 2.24) is 9.95 Å². The number of nitrogens with zero attached hydrogens (tertiary/aromatic N) is 2. The minimum absolute atomic E-state index is 0.436. The van der Waals surface area contributed by atoms with Crippen LogP contribution in [-0.4, -0.2) is 20.8 Å². The zero-order valence-corrected chi connectivity index (χ0v) is 8.96. The maximum absolute atomic E-state index is 11.1. The van der Waals surface area contributed by atoms with E-state index in [0.29, 0.717) is 10.8 Å². The van der Waals surface area contributed by atoms with E-state index in [9.17, 15) is 10.4 Å². The van der Waals surface area contributed by atoms with E-state index in [1.54, 1.807) is 24.3 Å². The van der Waals surface area contributed by atoms with Crippen LogP contribution in [-0.2, 0) is 0 Å². The summed E-state index contributed by atoms with van der Waals surface area (Å²) in [5.74, 6) is 0. The predicted octanol–water partition coefficient (Wildman–Crippen LogP) is 2.01. The highest BCUT2D eigenvalue weighted by molar-refractivity contribution is 5.90. The summed E-state index contributed by atoms with van der Waals surface area (Å²) in [6.07, 6.45) is 0. The van der Waals surface area contributed by atoms with Gasteiger partial charge in [0, 0.05) is 12.1 Å². The van der Waals surface area contributed by atoms with Crippen molar-refractivity contribution in [3.63, 3.8) is 0 Å². The number of fused-ring (bicyclic) bond motifs is 1. The largest absolute Gasteiger partial charge is 0.559 e. The number of hydrogen-bond donors (Lipinski definition) is 4. The summed E-state index contributed by atoms with van der Waals surface area (Å²) in [4.78, 5) is -5.85. The molecule has 0 saturated heterocycles. The van der Waals surface area contributed by atoms with Crippen LogP contribution in [0.5, 0.6) is 0 Å². The molecule has 8 heteroatoms. The van der Waals surface area contributed by atoms with Gasteiger partial charge in [0.25, 0.3) is 11.4 Å². The highest BCUT2D eigenvalue weighted by atomic mass is 17.1. The molecule has 0 aromatic heterocycles. The highest BCUT2D eigenvalue weighted by Crippen LogP contribution is 2.37. The van der Waals surface area contributed by atoms with Gasteiger partial charge >= 0.3 is 0 Å². The van der Waals surface area contributed by atoms with Gasteiger partial charge in [0.2, 0.25) is 0 Å². The molecule has 0 aliphatic heterocycles. The van der Waals surface area contributed by atoms with Crippen molar-refractivity contribution in [2.24, 2.45) is 0 Å². The standard InChI is InChI=1S/C10H10N2O6/c13-11(14,15)9-5-7-3-1-2-4-8(7)6-10(9)12(16,17)18/h1-6,13-14,16-17H. The molecular weight excluding hydrogens is 244 g/mol. The number of hydrogen-bond acceptors (Lipinski definition) is 6. The monoisotopic (exact) mass is 254 g/mol. The van der Waals surface area contributed by atoms with Gasteiger partial charge in [-0.2, -0.15) is 20.8 Å². The van der Waals surface area contributed by atoms with E-state index < -0.39 is 21.3 Å². The summed E-state index contributed by atoms with van der Waals surface area (Å²) >= 11 is 0. The number of benzene rings is 2. The van der Waals surface area contributed by atoms with Gasteiger partial charge in [-0.3, -0.25) is 0 Å². The third kappa shape index (κ3) is 2.31. The molecule has 18 heavy (non-hydrogen) atoms. The van der Waals surface area contributed by atoms with Crippen LogP contribution >= 0.6 is 0 Å². The molecule has 0 aliphatic rings. The van der Waals surface area contributed by atoms with Crippen LogP contribution in [0.1, 0.15) is 0 Å². The SMILES string of the molecule is [O-][N+](O)(O)c1cc2ccccc2cc1[N+]([O-])(O)O. The van der Waals surface area contributed by atoms with Crippen LogP contribution < -0.4 is 9.95 Å². The molecule has 0 fully saturated rings. The molecule has 2 aromatic carbocycles. The van der Waals surface area contributed by atoms with E-state index in [-0.39, 0.29) is 0 Å². The first-order valence-corrected chi connectivity index (χ1v) is 4.84. The lowest BCUT2D eigenvalue weighted by molar-refractivity contribution is -0.269. The minimum atomic E-state index is -2.93. The van der Waals surface area contributed by atoms with E-state index in [2.05, 4.69) is 0 Å². The quantitative estimate of drug-likeness (QED) is 0.479. The van der Waals surface area contributed by atoms with Crippen molar-refractivity contribution in [3.8, 4) is 0 Å². The van der Waals surface area contributed by atoms with E-state index >= 15 is 0 Å². The average molecular weight is 254 g/mol. The maximum atomic E-state index is 11.1. The Morgan fingerprint density at radius 3 is 1.33 bits per heavy atom. The molecular formula is C10H10N2O6. The summed E-state index contributed by atoms with van der Waals surface area (Å²) in [7, 11) is 0. The molecule has 2 rings (SSSR count). The zero-order valence-electron chi connectivity index (χ0n) is 8.96. The van der Waals surface area contributed by atoms with E-state index in [0.717, 1.165) is 12.1 Å². The van der Waals surface area contributed by atoms with E-state index in [1.807, 2.05) is 0 Å². The van der Waals surface area contributed by atoms with Gasteiger partial charge in [-0.25, -0.2) is 0 Å². The van der Waals surface area contributed by atoms with Crippen molar-refractivity contribution < 1.29 is 20.8 Å². The van der Waals surface area contributed by atoms with Crippen molar-refractivity contribution in [3.05, 3.63) is 46.8 Å². The second kappa shape index (κ2) is 3.95. The molecule has 0 radical (unpaired) electrons. The third-order valence-corrected chi connectivity index (χ3v) is 2.47. The number of quaternary nitrogens is 2. The fraction of sp³-hybridized carbons (Fsp3) is 0. The normalized spacial score (nSPS) is 13.0. The van der Waals surface area contributed by atoms with Gasteiger partial charge in [-0.15, -0.1) is 0 Å². The molecule has 8 nitrogen and oxygen atoms in total. The fourth-order valence-electron chi connectivity index (χ4n) is 1.68. The second-order valence-corrected chi connectivity index (χ2v) is 3.78. The van der Waals surface area contributed by atoms with Crippen molar-refractivity contribution >= 4 is 22.1 Å².